The molecule has 2 aromatic rings. The highest BCUT2D eigenvalue weighted by Crippen LogP contribution is 2.39. The van der Waals surface area contributed by atoms with Crippen molar-refractivity contribution in [3.8, 4) is 11.5 Å². The highest BCUT2D eigenvalue weighted by Gasteiger charge is 2.21. The van der Waals surface area contributed by atoms with Gasteiger partial charge in [-0.1, -0.05) is 28.1 Å². The van der Waals surface area contributed by atoms with Gasteiger partial charge in [-0.15, -0.1) is 11.3 Å². The number of fused-ring (bicyclic) bond motifs is 1. The molecule has 0 spiro atoms. The number of methoxy groups -OCH3 is 1. The van der Waals surface area contributed by atoms with E-state index in [1.165, 1.54) is 16.0 Å². The lowest BCUT2D eigenvalue weighted by molar-refractivity contribution is 0.254. The first-order valence-electron chi connectivity index (χ1n) is 6.23. The lowest BCUT2D eigenvalue weighted by Crippen LogP contribution is -2.05. The van der Waals surface area contributed by atoms with E-state index in [1.807, 2.05) is 5.38 Å². The van der Waals surface area contributed by atoms with Crippen LogP contribution in [0.15, 0.2) is 29.6 Å². The van der Waals surface area contributed by atoms with Crippen molar-refractivity contribution >= 4 is 27.3 Å². The fraction of sp³-hybridized carbons (Fsp3) is 0.333. The SMILES string of the molecule is COc1csc(C(Br)c2ccc3c(c2)CC(C)O3)c1. The van der Waals surface area contributed by atoms with E-state index in [0.717, 1.165) is 17.9 Å². The van der Waals surface area contributed by atoms with Crippen molar-refractivity contribution in [2.75, 3.05) is 7.11 Å². The standard InChI is InChI=1S/C15H15BrO2S/c1-9-5-11-6-10(3-4-13(11)18-9)15(16)14-7-12(17-2)8-19-14/h3-4,6-9,15H,5H2,1-2H3. The number of rotatable bonds is 3. The van der Waals surface area contributed by atoms with Crippen molar-refractivity contribution in [1.29, 1.82) is 0 Å². The molecule has 100 valence electrons. The maximum atomic E-state index is 5.74. The zero-order chi connectivity index (χ0) is 13.4. The Labute approximate surface area is 125 Å². The third-order valence-electron chi connectivity index (χ3n) is 3.29. The summed E-state index contributed by atoms with van der Waals surface area (Å²) in [6, 6.07) is 8.52. The summed E-state index contributed by atoms with van der Waals surface area (Å²) in [7, 11) is 1.70. The van der Waals surface area contributed by atoms with E-state index < -0.39 is 0 Å². The van der Waals surface area contributed by atoms with Crippen LogP contribution in [0.25, 0.3) is 0 Å². The van der Waals surface area contributed by atoms with E-state index in [0.29, 0.717) is 6.10 Å². The van der Waals surface area contributed by atoms with Gasteiger partial charge in [0, 0.05) is 16.7 Å². The Bertz CT molecular complexity index is 594. The van der Waals surface area contributed by atoms with Gasteiger partial charge in [0.2, 0.25) is 0 Å². The van der Waals surface area contributed by atoms with E-state index in [4.69, 9.17) is 9.47 Å². The first kappa shape index (κ1) is 13.0. The lowest BCUT2D eigenvalue weighted by Gasteiger charge is -2.09. The molecule has 3 rings (SSSR count). The molecule has 0 N–H and O–H groups in total. The minimum absolute atomic E-state index is 0.211. The van der Waals surface area contributed by atoms with Crippen LogP contribution in [0, 0.1) is 0 Å². The Hall–Kier alpha value is -1.00. The molecule has 0 aliphatic carbocycles. The van der Waals surface area contributed by atoms with Gasteiger partial charge in [0.05, 0.1) is 11.9 Å². The molecule has 0 saturated heterocycles. The fourth-order valence-corrected chi connectivity index (χ4v) is 3.94. The van der Waals surface area contributed by atoms with Gasteiger partial charge in [-0.3, -0.25) is 0 Å². The molecule has 2 heterocycles. The Morgan fingerprint density at radius 2 is 2.26 bits per heavy atom. The first-order valence-corrected chi connectivity index (χ1v) is 8.03. The number of halogens is 1. The molecule has 2 nitrogen and oxygen atoms in total. The average Bonchev–Trinajstić information content (AvgIpc) is 3.01. The van der Waals surface area contributed by atoms with Crippen LogP contribution in [0.2, 0.25) is 0 Å². The number of alkyl halides is 1. The van der Waals surface area contributed by atoms with Crippen LogP contribution in [0.4, 0.5) is 0 Å². The smallest absolute Gasteiger partial charge is 0.129 e. The number of hydrogen-bond acceptors (Lipinski definition) is 3. The molecule has 1 aromatic heterocycles. The Kier molecular flexibility index (Phi) is 3.54. The minimum Gasteiger partial charge on any atom is -0.496 e. The van der Waals surface area contributed by atoms with Crippen molar-refractivity contribution < 1.29 is 9.47 Å². The van der Waals surface area contributed by atoms with Crippen LogP contribution in [0.1, 0.15) is 27.8 Å². The van der Waals surface area contributed by atoms with Gasteiger partial charge < -0.3 is 9.47 Å². The Balaban J connectivity index is 1.88. The predicted octanol–water partition coefficient (Wildman–Crippen LogP) is 4.56. The summed E-state index contributed by atoms with van der Waals surface area (Å²) in [5, 5.41) is 2.03. The van der Waals surface area contributed by atoms with Crippen molar-refractivity contribution in [3.63, 3.8) is 0 Å². The van der Waals surface area contributed by atoms with Crippen LogP contribution in [0.3, 0.4) is 0 Å². The Morgan fingerprint density at radius 3 is 3.00 bits per heavy atom. The monoisotopic (exact) mass is 338 g/mol. The summed E-state index contributed by atoms with van der Waals surface area (Å²) in [5.41, 5.74) is 2.57. The maximum Gasteiger partial charge on any atom is 0.129 e. The topological polar surface area (TPSA) is 18.5 Å². The fourth-order valence-electron chi connectivity index (χ4n) is 2.34. The largest absolute Gasteiger partial charge is 0.496 e. The normalized spacial score (nSPS) is 18.8. The summed E-state index contributed by atoms with van der Waals surface area (Å²) >= 11 is 5.48. The second-order valence-electron chi connectivity index (χ2n) is 4.75. The van der Waals surface area contributed by atoms with Gasteiger partial charge >= 0.3 is 0 Å². The van der Waals surface area contributed by atoms with E-state index in [-0.39, 0.29) is 4.83 Å². The molecule has 19 heavy (non-hydrogen) atoms. The van der Waals surface area contributed by atoms with Crippen LogP contribution in [-0.4, -0.2) is 13.2 Å². The zero-order valence-electron chi connectivity index (χ0n) is 10.9. The van der Waals surface area contributed by atoms with Crippen LogP contribution in [-0.2, 0) is 6.42 Å². The molecule has 0 fully saturated rings. The predicted molar refractivity (Wildman–Crippen MR) is 81.9 cm³/mol. The molecule has 4 heteroatoms. The van der Waals surface area contributed by atoms with Crippen molar-refractivity contribution in [2.45, 2.75) is 24.3 Å². The average molecular weight is 339 g/mol. The summed E-state index contributed by atoms with van der Waals surface area (Å²) in [5.74, 6) is 1.95. The minimum atomic E-state index is 0.211. The van der Waals surface area contributed by atoms with Gasteiger partial charge in [0.1, 0.15) is 17.6 Å². The molecular weight excluding hydrogens is 324 g/mol. The van der Waals surface area contributed by atoms with Crippen LogP contribution in [0.5, 0.6) is 11.5 Å². The highest BCUT2D eigenvalue weighted by atomic mass is 79.9. The second-order valence-corrected chi connectivity index (χ2v) is 6.61. The highest BCUT2D eigenvalue weighted by molar-refractivity contribution is 9.09. The van der Waals surface area contributed by atoms with Gasteiger partial charge in [0.15, 0.2) is 0 Å². The van der Waals surface area contributed by atoms with Gasteiger partial charge in [-0.2, -0.15) is 0 Å². The molecule has 0 bridgehead atoms. The lowest BCUT2D eigenvalue weighted by atomic mass is 10.0. The van der Waals surface area contributed by atoms with Crippen molar-refractivity contribution in [2.24, 2.45) is 0 Å². The molecule has 0 radical (unpaired) electrons. The Morgan fingerprint density at radius 1 is 1.42 bits per heavy atom. The first-order chi connectivity index (χ1) is 9.17. The molecular formula is C15H15BrO2S. The third-order valence-corrected chi connectivity index (χ3v) is 5.59. The van der Waals surface area contributed by atoms with Gasteiger partial charge in [-0.25, -0.2) is 0 Å². The number of benzene rings is 1. The number of hydrogen-bond donors (Lipinski definition) is 0. The van der Waals surface area contributed by atoms with E-state index in [1.54, 1.807) is 18.4 Å². The zero-order valence-corrected chi connectivity index (χ0v) is 13.3. The second kappa shape index (κ2) is 5.17. The molecule has 2 unspecified atom stereocenters. The summed E-state index contributed by atoms with van der Waals surface area (Å²) in [6.45, 7) is 2.11. The summed E-state index contributed by atoms with van der Waals surface area (Å²) < 4.78 is 11.0. The summed E-state index contributed by atoms with van der Waals surface area (Å²) in [6.07, 6.45) is 1.29. The maximum absolute atomic E-state index is 5.74. The number of thiophene rings is 1. The van der Waals surface area contributed by atoms with E-state index in [9.17, 15) is 0 Å². The van der Waals surface area contributed by atoms with Crippen LogP contribution >= 0.6 is 27.3 Å². The molecule has 0 saturated carbocycles. The molecule has 2 atom stereocenters. The van der Waals surface area contributed by atoms with Gasteiger partial charge in [-0.05, 0) is 30.2 Å². The molecule has 0 amide bonds. The summed E-state index contributed by atoms with van der Waals surface area (Å²) in [4.78, 5) is 1.46. The van der Waals surface area contributed by atoms with E-state index in [2.05, 4.69) is 47.1 Å². The quantitative estimate of drug-likeness (QED) is 0.763. The van der Waals surface area contributed by atoms with Crippen molar-refractivity contribution in [1.82, 2.24) is 0 Å². The molecule has 1 aliphatic heterocycles. The van der Waals surface area contributed by atoms with Crippen molar-refractivity contribution in [3.05, 3.63) is 45.6 Å². The third kappa shape index (κ3) is 2.51. The molecule has 1 aliphatic rings. The van der Waals surface area contributed by atoms with Gasteiger partial charge in [0.25, 0.3) is 0 Å². The van der Waals surface area contributed by atoms with E-state index >= 15 is 0 Å². The number of ether oxygens (including phenoxy) is 2. The molecule has 1 aromatic carbocycles. The van der Waals surface area contributed by atoms with Crippen LogP contribution < -0.4 is 9.47 Å².